The molecule has 0 aliphatic heterocycles. The summed E-state index contributed by atoms with van der Waals surface area (Å²) in [7, 11) is 3.73. The van der Waals surface area contributed by atoms with Crippen LogP contribution in [0.3, 0.4) is 0 Å². The van der Waals surface area contributed by atoms with Gasteiger partial charge in [0.25, 0.3) is 5.91 Å². The van der Waals surface area contributed by atoms with Crippen LogP contribution in [-0.2, 0) is 0 Å². The predicted octanol–water partition coefficient (Wildman–Crippen LogP) is 0.339. The van der Waals surface area contributed by atoms with E-state index in [-0.39, 0.29) is 11.9 Å². The number of H-pyrrole nitrogens is 1. The van der Waals surface area contributed by atoms with Gasteiger partial charge in [0, 0.05) is 25.5 Å². The first kappa shape index (κ1) is 13.8. The molecule has 1 amide bonds. The molecule has 0 spiro atoms. The Morgan fingerprint density at radius 1 is 1.45 bits per heavy atom. The van der Waals surface area contributed by atoms with Crippen molar-refractivity contribution >= 4 is 17.3 Å². The van der Waals surface area contributed by atoms with Crippen LogP contribution in [0.15, 0.2) is 18.2 Å². The van der Waals surface area contributed by atoms with Gasteiger partial charge in [-0.2, -0.15) is 5.21 Å². The van der Waals surface area contributed by atoms with Crippen LogP contribution < -0.4 is 16.0 Å². The van der Waals surface area contributed by atoms with Crippen molar-refractivity contribution in [3.63, 3.8) is 0 Å². The summed E-state index contributed by atoms with van der Waals surface area (Å²) < 4.78 is 0. The first-order valence-electron chi connectivity index (χ1n) is 6.10. The van der Waals surface area contributed by atoms with E-state index in [1.165, 1.54) is 0 Å². The highest BCUT2D eigenvalue weighted by Gasteiger charge is 2.18. The van der Waals surface area contributed by atoms with E-state index in [9.17, 15) is 4.79 Å². The zero-order valence-electron chi connectivity index (χ0n) is 11.6. The summed E-state index contributed by atoms with van der Waals surface area (Å²) in [5.74, 6) is 0.187. The molecule has 8 heteroatoms. The van der Waals surface area contributed by atoms with Crippen molar-refractivity contribution in [1.82, 2.24) is 25.9 Å². The summed E-state index contributed by atoms with van der Waals surface area (Å²) in [4.78, 5) is 14.2. The zero-order chi connectivity index (χ0) is 14.7. The first-order valence-corrected chi connectivity index (χ1v) is 6.10. The summed E-state index contributed by atoms with van der Waals surface area (Å²) in [5.41, 5.74) is 7.58. The standard InChI is InChI=1S/C12H17N7O/c1-7(11-15-17-18-16-11)14-12(20)9-6-8(13)4-5-10(9)19(2)3/h4-7H,13H2,1-3H3,(H,14,20)(H,15,16,17,18). The Morgan fingerprint density at radius 2 is 2.20 bits per heavy atom. The number of hydrogen-bond donors (Lipinski definition) is 3. The Balaban J connectivity index is 2.22. The van der Waals surface area contributed by atoms with E-state index in [0.29, 0.717) is 17.1 Å². The summed E-state index contributed by atoms with van der Waals surface area (Å²) in [6.07, 6.45) is 0. The van der Waals surface area contributed by atoms with Gasteiger partial charge in [-0.05, 0) is 25.1 Å². The minimum Gasteiger partial charge on any atom is -0.399 e. The molecule has 2 rings (SSSR count). The third-order valence-electron chi connectivity index (χ3n) is 2.84. The maximum Gasteiger partial charge on any atom is 0.254 e. The number of rotatable bonds is 4. The normalized spacial score (nSPS) is 11.9. The van der Waals surface area contributed by atoms with Crippen LogP contribution in [0.1, 0.15) is 29.1 Å². The average Bonchev–Trinajstić information content (AvgIpc) is 2.92. The van der Waals surface area contributed by atoms with Gasteiger partial charge < -0.3 is 16.0 Å². The van der Waals surface area contributed by atoms with Gasteiger partial charge in [0.2, 0.25) is 0 Å². The van der Waals surface area contributed by atoms with Crippen molar-refractivity contribution in [3.8, 4) is 0 Å². The second-order valence-electron chi connectivity index (χ2n) is 4.64. The minimum absolute atomic E-state index is 0.238. The molecule has 1 aromatic carbocycles. The number of hydrogen-bond acceptors (Lipinski definition) is 6. The number of nitrogen functional groups attached to an aromatic ring is 1. The number of carbonyl (C=O) groups excluding carboxylic acids is 1. The van der Waals surface area contributed by atoms with Crippen LogP contribution in [0.25, 0.3) is 0 Å². The van der Waals surface area contributed by atoms with Gasteiger partial charge in [-0.3, -0.25) is 4.79 Å². The van der Waals surface area contributed by atoms with Gasteiger partial charge in [-0.15, -0.1) is 10.2 Å². The lowest BCUT2D eigenvalue weighted by Gasteiger charge is -2.18. The first-order chi connectivity index (χ1) is 9.49. The SMILES string of the molecule is CC(NC(=O)c1cc(N)ccc1N(C)C)c1nn[nH]n1. The number of nitrogens with two attached hydrogens (primary N) is 1. The van der Waals surface area contributed by atoms with Crippen molar-refractivity contribution in [2.45, 2.75) is 13.0 Å². The Hall–Kier alpha value is -2.64. The van der Waals surface area contributed by atoms with Crippen LogP contribution in [-0.4, -0.2) is 40.6 Å². The second-order valence-corrected chi connectivity index (χ2v) is 4.64. The predicted molar refractivity (Wildman–Crippen MR) is 75.2 cm³/mol. The second kappa shape index (κ2) is 5.55. The van der Waals surface area contributed by atoms with Crippen LogP contribution in [0.4, 0.5) is 11.4 Å². The zero-order valence-corrected chi connectivity index (χ0v) is 11.6. The molecule has 1 atom stereocenters. The maximum atomic E-state index is 12.3. The van der Waals surface area contributed by atoms with E-state index in [1.54, 1.807) is 19.1 Å². The fourth-order valence-corrected chi connectivity index (χ4v) is 1.82. The van der Waals surface area contributed by atoms with E-state index in [2.05, 4.69) is 25.9 Å². The van der Waals surface area contributed by atoms with Crippen molar-refractivity contribution in [2.24, 2.45) is 0 Å². The monoisotopic (exact) mass is 275 g/mol. The molecule has 0 radical (unpaired) electrons. The molecule has 0 saturated carbocycles. The molecule has 0 bridgehead atoms. The van der Waals surface area contributed by atoms with Crippen molar-refractivity contribution in [3.05, 3.63) is 29.6 Å². The molecule has 0 saturated heterocycles. The fourth-order valence-electron chi connectivity index (χ4n) is 1.82. The molecule has 2 aromatic rings. The van der Waals surface area contributed by atoms with Crippen molar-refractivity contribution in [2.75, 3.05) is 24.7 Å². The molecule has 1 heterocycles. The highest BCUT2D eigenvalue weighted by molar-refractivity contribution is 6.00. The molecule has 4 N–H and O–H groups in total. The van der Waals surface area contributed by atoms with Crippen LogP contribution >= 0.6 is 0 Å². The summed E-state index contributed by atoms with van der Waals surface area (Å²) in [6.45, 7) is 1.78. The maximum absolute atomic E-state index is 12.3. The molecule has 0 fully saturated rings. The van der Waals surface area contributed by atoms with E-state index >= 15 is 0 Å². The van der Waals surface area contributed by atoms with Gasteiger partial charge in [0.1, 0.15) is 0 Å². The van der Waals surface area contributed by atoms with Gasteiger partial charge in [0.15, 0.2) is 5.82 Å². The highest BCUT2D eigenvalue weighted by atomic mass is 16.1. The number of anilines is 2. The van der Waals surface area contributed by atoms with Crippen LogP contribution in [0.5, 0.6) is 0 Å². The van der Waals surface area contributed by atoms with Gasteiger partial charge in [-0.1, -0.05) is 5.21 Å². The third kappa shape index (κ3) is 2.85. The van der Waals surface area contributed by atoms with Crippen LogP contribution in [0, 0.1) is 0 Å². The van der Waals surface area contributed by atoms with Gasteiger partial charge in [0.05, 0.1) is 11.6 Å². The largest absolute Gasteiger partial charge is 0.399 e. The third-order valence-corrected chi connectivity index (χ3v) is 2.84. The lowest BCUT2D eigenvalue weighted by Crippen LogP contribution is -2.29. The Bertz CT molecular complexity index is 594. The smallest absolute Gasteiger partial charge is 0.254 e. The molecule has 20 heavy (non-hydrogen) atoms. The van der Waals surface area contributed by atoms with Gasteiger partial charge in [-0.25, -0.2) is 0 Å². The number of aromatic amines is 1. The number of nitrogens with zero attached hydrogens (tertiary/aromatic N) is 4. The highest BCUT2D eigenvalue weighted by Crippen LogP contribution is 2.22. The lowest BCUT2D eigenvalue weighted by atomic mass is 10.1. The summed E-state index contributed by atoms with van der Waals surface area (Å²) in [6, 6.07) is 4.86. The average molecular weight is 275 g/mol. The van der Waals surface area contributed by atoms with Crippen molar-refractivity contribution in [1.29, 1.82) is 0 Å². The van der Waals surface area contributed by atoms with E-state index in [0.717, 1.165) is 5.69 Å². The molecule has 0 aliphatic carbocycles. The fraction of sp³-hybridized carbons (Fsp3) is 0.333. The number of nitrogens with one attached hydrogen (secondary N) is 2. The molecule has 1 unspecified atom stereocenters. The molecular formula is C12H17N7O. The van der Waals surface area contributed by atoms with E-state index in [1.807, 2.05) is 25.1 Å². The Labute approximate surface area is 116 Å². The van der Waals surface area contributed by atoms with Crippen LogP contribution in [0.2, 0.25) is 0 Å². The molecule has 0 aliphatic rings. The van der Waals surface area contributed by atoms with E-state index < -0.39 is 0 Å². The quantitative estimate of drug-likeness (QED) is 0.693. The number of tetrazole rings is 1. The molecule has 1 aromatic heterocycles. The van der Waals surface area contributed by atoms with Gasteiger partial charge >= 0.3 is 0 Å². The minimum atomic E-state index is -0.349. The van der Waals surface area contributed by atoms with Crippen molar-refractivity contribution < 1.29 is 4.79 Å². The number of carbonyl (C=O) groups is 1. The topological polar surface area (TPSA) is 113 Å². The Morgan fingerprint density at radius 3 is 2.80 bits per heavy atom. The summed E-state index contributed by atoms with van der Waals surface area (Å²) in [5, 5.41) is 16.3. The molecule has 106 valence electrons. The lowest BCUT2D eigenvalue weighted by molar-refractivity contribution is 0.0939. The number of benzene rings is 1. The Kier molecular flexibility index (Phi) is 3.83. The van der Waals surface area contributed by atoms with E-state index in [4.69, 9.17) is 5.73 Å². The number of amides is 1. The summed E-state index contributed by atoms with van der Waals surface area (Å²) >= 11 is 0. The molecule has 8 nitrogen and oxygen atoms in total. The number of aromatic nitrogens is 4. The molecular weight excluding hydrogens is 258 g/mol.